The Balaban J connectivity index is 0. The van der Waals surface area contributed by atoms with Gasteiger partial charge in [0.05, 0.1) is 6.04 Å². The monoisotopic (exact) mass is 186 g/mol. The highest BCUT2D eigenvalue weighted by Gasteiger charge is 1.96. The number of amides is 1. The molecule has 6 N–H and O–H groups in total. The van der Waals surface area contributed by atoms with Gasteiger partial charge in [-0.25, -0.2) is 0 Å². The molecular formula is C3H10N2O5S. The normalized spacial score (nSPS) is 12.7. The van der Waals surface area contributed by atoms with Crippen molar-refractivity contribution in [2.45, 2.75) is 13.0 Å². The number of nitrogens with two attached hydrogens (primary N) is 2. The summed E-state index contributed by atoms with van der Waals surface area (Å²) in [4.78, 5) is 9.80. The highest BCUT2D eigenvalue weighted by molar-refractivity contribution is 7.79. The molecule has 1 amide bonds. The van der Waals surface area contributed by atoms with E-state index < -0.39 is 22.3 Å². The van der Waals surface area contributed by atoms with Crippen molar-refractivity contribution in [2.24, 2.45) is 11.5 Å². The summed E-state index contributed by atoms with van der Waals surface area (Å²) in [7, 11) is -4.67. The van der Waals surface area contributed by atoms with E-state index >= 15 is 0 Å². The molecule has 1 atom stereocenters. The van der Waals surface area contributed by atoms with E-state index in [1.165, 1.54) is 0 Å². The van der Waals surface area contributed by atoms with Crippen LogP contribution in [0.5, 0.6) is 0 Å². The van der Waals surface area contributed by atoms with Crippen molar-refractivity contribution in [2.75, 3.05) is 0 Å². The van der Waals surface area contributed by atoms with Gasteiger partial charge in [0.15, 0.2) is 0 Å². The molecule has 0 saturated carbocycles. The predicted molar refractivity (Wildman–Crippen MR) is 37.0 cm³/mol. The van der Waals surface area contributed by atoms with Crippen molar-refractivity contribution in [3.8, 4) is 0 Å². The van der Waals surface area contributed by atoms with E-state index in [1.54, 1.807) is 6.92 Å². The van der Waals surface area contributed by atoms with Crippen LogP contribution < -0.4 is 11.5 Å². The van der Waals surface area contributed by atoms with Crippen LogP contribution >= 0.6 is 0 Å². The summed E-state index contributed by atoms with van der Waals surface area (Å²) in [6.45, 7) is 1.54. The van der Waals surface area contributed by atoms with Crippen LogP contribution in [0.25, 0.3) is 0 Å². The first-order valence-electron chi connectivity index (χ1n) is 2.39. The van der Waals surface area contributed by atoms with E-state index in [-0.39, 0.29) is 0 Å². The van der Waals surface area contributed by atoms with Gasteiger partial charge in [0.1, 0.15) is 0 Å². The summed E-state index contributed by atoms with van der Waals surface area (Å²) in [5.41, 5.74) is 9.63. The van der Waals surface area contributed by atoms with Crippen molar-refractivity contribution in [3.63, 3.8) is 0 Å². The molecule has 0 bridgehead atoms. The Labute approximate surface area is 63.9 Å². The van der Waals surface area contributed by atoms with Gasteiger partial charge in [-0.05, 0) is 6.92 Å². The maximum absolute atomic E-state index is 9.80. The first-order chi connectivity index (χ1) is 4.64. The zero-order valence-corrected chi connectivity index (χ0v) is 6.58. The van der Waals surface area contributed by atoms with Gasteiger partial charge in [-0.1, -0.05) is 0 Å². The molecule has 7 nitrogen and oxygen atoms in total. The molecule has 0 rings (SSSR count). The zero-order chi connectivity index (χ0) is 9.65. The van der Waals surface area contributed by atoms with Crippen LogP contribution in [0.3, 0.4) is 0 Å². The molecule has 0 fully saturated rings. The average Bonchev–Trinajstić information content (AvgIpc) is 1.59. The van der Waals surface area contributed by atoms with Gasteiger partial charge in [0, 0.05) is 0 Å². The molecule has 68 valence electrons. The standard InChI is InChI=1S/C3H8N2O.H2O4S/c1-2(4)3(5)6;1-5(2,3)4/h2H,4H2,1H3,(H2,5,6);(H2,1,2,3,4)/t2-;/m0./s1. The van der Waals surface area contributed by atoms with Crippen molar-refractivity contribution < 1.29 is 22.3 Å². The number of carbonyl (C=O) groups is 1. The Morgan fingerprint density at radius 2 is 1.55 bits per heavy atom. The Morgan fingerprint density at radius 1 is 1.45 bits per heavy atom. The van der Waals surface area contributed by atoms with Crippen LogP contribution in [0.2, 0.25) is 0 Å². The van der Waals surface area contributed by atoms with Crippen LogP contribution in [0.15, 0.2) is 0 Å². The summed E-state index contributed by atoms with van der Waals surface area (Å²) in [6, 6.07) is -0.509. The highest BCUT2D eigenvalue weighted by atomic mass is 32.3. The second-order valence-electron chi connectivity index (χ2n) is 1.64. The van der Waals surface area contributed by atoms with Crippen molar-refractivity contribution in [1.29, 1.82) is 0 Å². The molecule has 0 radical (unpaired) electrons. The first-order valence-corrected chi connectivity index (χ1v) is 3.79. The zero-order valence-electron chi connectivity index (χ0n) is 5.76. The minimum atomic E-state index is -4.67. The quantitative estimate of drug-likeness (QED) is 0.354. The molecule has 11 heavy (non-hydrogen) atoms. The van der Waals surface area contributed by atoms with E-state index in [0.717, 1.165) is 0 Å². The molecule has 0 aromatic carbocycles. The second-order valence-corrected chi connectivity index (χ2v) is 2.53. The molecule has 0 aliphatic heterocycles. The van der Waals surface area contributed by atoms with E-state index in [1.807, 2.05) is 0 Å². The third-order valence-electron chi connectivity index (χ3n) is 0.449. The van der Waals surface area contributed by atoms with Crippen LogP contribution in [-0.4, -0.2) is 29.5 Å². The second kappa shape index (κ2) is 5.02. The fraction of sp³-hybridized carbons (Fsp3) is 0.667. The summed E-state index contributed by atoms with van der Waals surface area (Å²) in [5.74, 6) is -0.463. The lowest BCUT2D eigenvalue weighted by atomic mass is 10.4. The van der Waals surface area contributed by atoms with Gasteiger partial charge < -0.3 is 11.5 Å². The Morgan fingerprint density at radius 3 is 1.55 bits per heavy atom. The van der Waals surface area contributed by atoms with Gasteiger partial charge in [0.25, 0.3) is 0 Å². The van der Waals surface area contributed by atoms with E-state index in [2.05, 4.69) is 5.73 Å². The summed E-state index contributed by atoms with van der Waals surface area (Å²) in [5, 5.41) is 0. The number of carbonyl (C=O) groups excluding carboxylic acids is 1. The first kappa shape index (κ1) is 12.9. The minimum Gasteiger partial charge on any atom is -0.368 e. The van der Waals surface area contributed by atoms with Crippen molar-refractivity contribution in [3.05, 3.63) is 0 Å². The Bertz CT molecular complexity index is 200. The lowest BCUT2D eigenvalue weighted by Gasteiger charge is -1.91. The SMILES string of the molecule is C[C@H](N)C(N)=O.O=S(=O)(O)O. The number of primary amides is 1. The molecule has 0 saturated heterocycles. The molecule has 0 aromatic rings. The molecule has 0 aliphatic rings. The Kier molecular flexibility index (Phi) is 5.90. The van der Waals surface area contributed by atoms with Gasteiger partial charge in [-0.15, -0.1) is 0 Å². The topological polar surface area (TPSA) is 144 Å². The molecule has 0 unspecified atom stereocenters. The number of hydrogen-bond acceptors (Lipinski definition) is 4. The smallest absolute Gasteiger partial charge is 0.368 e. The third kappa shape index (κ3) is 45.5. The largest absolute Gasteiger partial charge is 0.394 e. The predicted octanol–water partition coefficient (Wildman–Crippen LogP) is -1.83. The van der Waals surface area contributed by atoms with E-state index in [9.17, 15) is 4.79 Å². The molecule has 0 aliphatic carbocycles. The maximum Gasteiger partial charge on any atom is 0.394 e. The fourth-order valence-electron chi connectivity index (χ4n) is 0. The molecule has 0 heterocycles. The molecule has 8 heteroatoms. The molecule has 0 aromatic heterocycles. The lowest BCUT2D eigenvalue weighted by Crippen LogP contribution is -2.32. The van der Waals surface area contributed by atoms with Crippen LogP contribution in [0, 0.1) is 0 Å². The van der Waals surface area contributed by atoms with Crippen LogP contribution in [0.1, 0.15) is 6.92 Å². The van der Waals surface area contributed by atoms with Gasteiger partial charge in [0.2, 0.25) is 5.91 Å². The molecule has 0 spiro atoms. The highest BCUT2D eigenvalue weighted by Crippen LogP contribution is 1.64. The summed E-state index contributed by atoms with van der Waals surface area (Å²) in [6.07, 6.45) is 0. The van der Waals surface area contributed by atoms with Crippen LogP contribution in [0.4, 0.5) is 0 Å². The number of hydrogen-bond donors (Lipinski definition) is 4. The van der Waals surface area contributed by atoms with Crippen molar-refractivity contribution in [1.82, 2.24) is 0 Å². The van der Waals surface area contributed by atoms with Crippen LogP contribution in [-0.2, 0) is 15.2 Å². The van der Waals surface area contributed by atoms with Gasteiger partial charge in [-0.3, -0.25) is 13.9 Å². The minimum absolute atomic E-state index is 0.463. The number of rotatable bonds is 1. The van der Waals surface area contributed by atoms with Gasteiger partial charge in [-0.2, -0.15) is 8.42 Å². The maximum atomic E-state index is 9.80. The van der Waals surface area contributed by atoms with Crippen molar-refractivity contribution >= 4 is 16.3 Å². The Hall–Kier alpha value is -0.700. The fourth-order valence-corrected chi connectivity index (χ4v) is 0. The third-order valence-corrected chi connectivity index (χ3v) is 0.449. The average molecular weight is 186 g/mol. The van der Waals surface area contributed by atoms with E-state index in [4.69, 9.17) is 23.3 Å². The lowest BCUT2D eigenvalue weighted by molar-refractivity contribution is -0.118. The summed E-state index contributed by atoms with van der Waals surface area (Å²) >= 11 is 0. The van der Waals surface area contributed by atoms with Gasteiger partial charge >= 0.3 is 10.4 Å². The molecular weight excluding hydrogens is 176 g/mol. The summed E-state index contributed by atoms with van der Waals surface area (Å²) < 4.78 is 31.6. The van der Waals surface area contributed by atoms with E-state index in [0.29, 0.717) is 0 Å².